The summed E-state index contributed by atoms with van der Waals surface area (Å²) in [5.41, 5.74) is 1.08. The van der Waals surface area contributed by atoms with Crippen molar-refractivity contribution >= 4 is 23.3 Å². The molecule has 0 fully saturated rings. The van der Waals surface area contributed by atoms with Gasteiger partial charge in [0.2, 0.25) is 0 Å². The standard InChI is InChI=1S/C14H13N3O3/c1-9-6-7-15-12(8-9)17-14(20)13(19)16-10-4-2-3-5-11(10)18/h2-8,18H,1H3,(H,16,19)(H,15,17,20). The third kappa shape index (κ3) is 3.32. The van der Waals surface area contributed by atoms with Crippen LogP contribution in [0.15, 0.2) is 42.6 Å². The minimum atomic E-state index is -0.880. The summed E-state index contributed by atoms with van der Waals surface area (Å²) in [5, 5.41) is 14.2. The lowest BCUT2D eigenvalue weighted by molar-refractivity contribution is -0.133. The van der Waals surface area contributed by atoms with Crippen molar-refractivity contribution in [3.05, 3.63) is 48.2 Å². The zero-order chi connectivity index (χ0) is 14.5. The first-order valence-electron chi connectivity index (χ1n) is 5.89. The van der Waals surface area contributed by atoms with Crippen molar-refractivity contribution in [3.8, 4) is 5.75 Å². The molecular weight excluding hydrogens is 258 g/mol. The Bertz CT molecular complexity index is 656. The number of carbonyl (C=O) groups is 2. The van der Waals surface area contributed by atoms with Crippen molar-refractivity contribution in [2.45, 2.75) is 6.92 Å². The molecule has 102 valence electrons. The fourth-order valence-corrected chi connectivity index (χ4v) is 1.54. The molecule has 2 rings (SSSR count). The number of para-hydroxylation sites is 2. The number of hydrogen-bond donors (Lipinski definition) is 3. The number of carbonyl (C=O) groups excluding carboxylic acids is 2. The molecule has 6 heteroatoms. The zero-order valence-corrected chi connectivity index (χ0v) is 10.8. The highest BCUT2D eigenvalue weighted by Gasteiger charge is 2.15. The van der Waals surface area contributed by atoms with Crippen molar-refractivity contribution < 1.29 is 14.7 Å². The van der Waals surface area contributed by atoms with Crippen LogP contribution in [0.2, 0.25) is 0 Å². The smallest absolute Gasteiger partial charge is 0.315 e. The van der Waals surface area contributed by atoms with Crippen molar-refractivity contribution in [1.29, 1.82) is 0 Å². The van der Waals surface area contributed by atoms with Gasteiger partial charge in [0.15, 0.2) is 0 Å². The van der Waals surface area contributed by atoms with E-state index in [4.69, 9.17) is 0 Å². The van der Waals surface area contributed by atoms with E-state index in [2.05, 4.69) is 15.6 Å². The van der Waals surface area contributed by atoms with Gasteiger partial charge in [0.25, 0.3) is 0 Å². The number of benzene rings is 1. The van der Waals surface area contributed by atoms with E-state index in [0.717, 1.165) is 5.56 Å². The first kappa shape index (κ1) is 13.5. The number of hydrogen-bond acceptors (Lipinski definition) is 4. The van der Waals surface area contributed by atoms with Crippen molar-refractivity contribution in [1.82, 2.24) is 4.98 Å². The Morgan fingerprint density at radius 2 is 1.80 bits per heavy atom. The number of pyridine rings is 1. The fraction of sp³-hybridized carbons (Fsp3) is 0.0714. The average molecular weight is 271 g/mol. The second-order valence-electron chi connectivity index (χ2n) is 4.14. The Balaban J connectivity index is 2.03. The van der Waals surface area contributed by atoms with Crippen LogP contribution < -0.4 is 10.6 Å². The first-order valence-corrected chi connectivity index (χ1v) is 5.89. The van der Waals surface area contributed by atoms with Gasteiger partial charge < -0.3 is 15.7 Å². The Labute approximate surface area is 115 Å². The van der Waals surface area contributed by atoms with Crippen molar-refractivity contribution in [2.75, 3.05) is 10.6 Å². The molecule has 0 radical (unpaired) electrons. The highest BCUT2D eigenvalue weighted by atomic mass is 16.3. The first-order chi connectivity index (χ1) is 9.56. The van der Waals surface area contributed by atoms with Crippen LogP contribution in [0, 0.1) is 6.92 Å². The topological polar surface area (TPSA) is 91.3 Å². The summed E-state index contributed by atoms with van der Waals surface area (Å²) in [6.07, 6.45) is 1.53. The number of amides is 2. The lowest BCUT2D eigenvalue weighted by Gasteiger charge is -2.07. The highest BCUT2D eigenvalue weighted by Crippen LogP contribution is 2.21. The minimum Gasteiger partial charge on any atom is -0.506 e. The van der Waals surface area contributed by atoms with Crippen LogP contribution in [0.3, 0.4) is 0 Å². The normalized spacial score (nSPS) is 9.85. The lowest BCUT2D eigenvalue weighted by atomic mass is 10.3. The van der Waals surface area contributed by atoms with Gasteiger partial charge in [0.05, 0.1) is 5.69 Å². The second-order valence-corrected chi connectivity index (χ2v) is 4.14. The van der Waals surface area contributed by atoms with Crippen LogP contribution in [-0.2, 0) is 9.59 Å². The molecular formula is C14H13N3O3. The maximum atomic E-state index is 11.7. The summed E-state index contributed by atoms with van der Waals surface area (Å²) in [4.78, 5) is 27.3. The molecule has 6 nitrogen and oxygen atoms in total. The van der Waals surface area contributed by atoms with Crippen LogP contribution >= 0.6 is 0 Å². The summed E-state index contributed by atoms with van der Waals surface area (Å²) in [5.74, 6) is -1.55. The Morgan fingerprint density at radius 3 is 2.50 bits per heavy atom. The molecule has 3 N–H and O–H groups in total. The van der Waals surface area contributed by atoms with Crippen LogP contribution in [-0.4, -0.2) is 21.9 Å². The van der Waals surface area contributed by atoms with Gasteiger partial charge in [0, 0.05) is 6.20 Å². The molecule has 20 heavy (non-hydrogen) atoms. The molecule has 2 aromatic rings. The molecule has 1 aromatic heterocycles. The highest BCUT2D eigenvalue weighted by molar-refractivity contribution is 6.43. The van der Waals surface area contributed by atoms with Gasteiger partial charge in [-0.2, -0.15) is 0 Å². The maximum absolute atomic E-state index is 11.7. The summed E-state index contributed by atoms with van der Waals surface area (Å²) in [6, 6.07) is 9.57. The number of phenols is 1. The maximum Gasteiger partial charge on any atom is 0.315 e. The van der Waals surface area contributed by atoms with E-state index in [-0.39, 0.29) is 11.4 Å². The van der Waals surface area contributed by atoms with Crippen LogP contribution in [0.1, 0.15) is 5.56 Å². The van der Waals surface area contributed by atoms with E-state index in [1.807, 2.05) is 6.92 Å². The van der Waals surface area contributed by atoms with E-state index in [9.17, 15) is 14.7 Å². The lowest BCUT2D eigenvalue weighted by Crippen LogP contribution is -2.29. The SMILES string of the molecule is Cc1ccnc(NC(=O)C(=O)Nc2ccccc2O)c1. The molecule has 1 heterocycles. The molecule has 1 aromatic carbocycles. The number of nitrogens with one attached hydrogen (secondary N) is 2. The molecule has 0 aliphatic rings. The van der Waals surface area contributed by atoms with Crippen LogP contribution in [0.4, 0.5) is 11.5 Å². The average Bonchev–Trinajstić information content (AvgIpc) is 2.41. The second kappa shape index (κ2) is 5.83. The summed E-state index contributed by atoms with van der Waals surface area (Å²) in [6.45, 7) is 1.85. The van der Waals surface area contributed by atoms with E-state index < -0.39 is 11.8 Å². The molecule has 0 saturated carbocycles. The monoisotopic (exact) mass is 271 g/mol. The zero-order valence-electron chi connectivity index (χ0n) is 10.8. The van der Waals surface area contributed by atoms with Crippen LogP contribution in [0.5, 0.6) is 5.75 Å². The van der Waals surface area contributed by atoms with Gasteiger partial charge in [-0.15, -0.1) is 0 Å². The number of aromatic hydroxyl groups is 1. The summed E-state index contributed by atoms with van der Waals surface area (Å²) < 4.78 is 0. The van der Waals surface area contributed by atoms with E-state index in [1.165, 1.54) is 18.3 Å². The summed E-state index contributed by atoms with van der Waals surface area (Å²) >= 11 is 0. The van der Waals surface area contributed by atoms with E-state index >= 15 is 0 Å². The number of aromatic nitrogens is 1. The molecule has 0 bridgehead atoms. The largest absolute Gasteiger partial charge is 0.506 e. The number of rotatable bonds is 2. The van der Waals surface area contributed by atoms with Gasteiger partial charge in [-0.3, -0.25) is 9.59 Å². The van der Waals surface area contributed by atoms with Gasteiger partial charge in [-0.05, 0) is 36.8 Å². The minimum absolute atomic E-state index is 0.109. The van der Waals surface area contributed by atoms with Crippen LogP contribution in [0.25, 0.3) is 0 Å². The molecule has 0 unspecified atom stereocenters. The Morgan fingerprint density at radius 1 is 1.10 bits per heavy atom. The molecule has 0 aliphatic heterocycles. The number of aryl methyl sites for hydroxylation is 1. The predicted molar refractivity (Wildman–Crippen MR) is 74.3 cm³/mol. The van der Waals surface area contributed by atoms with E-state index in [0.29, 0.717) is 5.82 Å². The van der Waals surface area contributed by atoms with Gasteiger partial charge in [-0.1, -0.05) is 12.1 Å². The molecule has 0 atom stereocenters. The van der Waals surface area contributed by atoms with Crippen molar-refractivity contribution in [2.24, 2.45) is 0 Å². The van der Waals surface area contributed by atoms with Gasteiger partial charge in [0.1, 0.15) is 11.6 Å². The molecule has 2 amide bonds. The molecule has 0 aliphatic carbocycles. The van der Waals surface area contributed by atoms with E-state index in [1.54, 1.807) is 24.3 Å². The predicted octanol–water partition coefficient (Wildman–Crippen LogP) is 1.67. The number of anilines is 2. The van der Waals surface area contributed by atoms with Crippen molar-refractivity contribution in [3.63, 3.8) is 0 Å². The molecule has 0 saturated heterocycles. The Kier molecular flexibility index (Phi) is 3.95. The quantitative estimate of drug-likeness (QED) is 0.572. The number of phenolic OH excluding ortho intramolecular Hbond substituents is 1. The summed E-state index contributed by atoms with van der Waals surface area (Å²) in [7, 11) is 0. The third-order valence-electron chi connectivity index (χ3n) is 2.52. The molecule has 0 spiro atoms. The third-order valence-corrected chi connectivity index (χ3v) is 2.52. The van der Waals surface area contributed by atoms with Gasteiger partial charge >= 0.3 is 11.8 Å². The number of nitrogens with zero attached hydrogens (tertiary/aromatic N) is 1. The Hall–Kier alpha value is -2.89. The van der Waals surface area contributed by atoms with Gasteiger partial charge in [-0.25, -0.2) is 4.98 Å². The fourth-order valence-electron chi connectivity index (χ4n) is 1.54.